The number of β-amino-alcohol motifs (C(OH)–C–C–N with tert-alkyl or cyclic N) is 1. The van der Waals surface area contributed by atoms with Gasteiger partial charge in [0.05, 0.1) is 16.9 Å². The predicted octanol–water partition coefficient (Wildman–Crippen LogP) is 3.53. The SMILES string of the molecule is OC(CO/N=C/c1ccc(Cl)cc1)CN1CCN(c2ccccc2Cl)CC1. The molecule has 1 N–H and O–H groups in total. The molecule has 27 heavy (non-hydrogen) atoms. The van der Waals surface area contributed by atoms with Gasteiger partial charge in [0.1, 0.15) is 12.7 Å². The van der Waals surface area contributed by atoms with E-state index in [1.165, 1.54) is 0 Å². The average molecular weight is 408 g/mol. The minimum Gasteiger partial charge on any atom is -0.393 e. The molecule has 3 rings (SSSR count). The molecule has 1 fully saturated rings. The van der Waals surface area contributed by atoms with Crippen LogP contribution in [0.1, 0.15) is 5.56 Å². The van der Waals surface area contributed by atoms with Crippen LogP contribution in [0.25, 0.3) is 0 Å². The van der Waals surface area contributed by atoms with Gasteiger partial charge >= 0.3 is 0 Å². The highest BCUT2D eigenvalue weighted by Crippen LogP contribution is 2.26. The molecule has 5 nitrogen and oxygen atoms in total. The van der Waals surface area contributed by atoms with Gasteiger partial charge in [0.2, 0.25) is 0 Å². The Hall–Kier alpha value is -1.79. The number of hydrogen-bond donors (Lipinski definition) is 1. The number of anilines is 1. The third-order valence-corrected chi connectivity index (χ3v) is 5.02. The van der Waals surface area contributed by atoms with Crippen molar-refractivity contribution >= 4 is 35.1 Å². The summed E-state index contributed by atoms with van der Waals surface area (Å²) in [5.41, 5.74) is 1.96. The number of aliphatic hydroxyl groups is 1. The first-order valence-corrected chi connectivity index (χ1v) is 9.68. The van der Waals surface area contributed by atoms with E-state index in [1.807, 2.05) is 36.4 Å². The van der Waals surface area contributed by atoms with Gasteiger partial charge in [-0.05, 0) is 29.8 Å². The lowest BCUT2D eigenvalue weighted by molar-refractivity contribution is 0.0187. The molecule has 144 valence electrons. The molecule has 1 atom stereocenters. The maximum absolute atomic E-state index is 10.2. The maximum atomic E-state index is 10.2. The molecule has 0 aliphatic carbocycles. The molecule has 0 aromatic heterocycles. The third-order valence-electron chi connectivity index (χ3n) is 4.45. The molecule has 0 spiro atoms. The maximum Gasteiger partial charge on any atom is 0.144 e. The number of nitrogens with zero attached hydrogens (tertiary/aromatic N) is 3. The first-order chi connectivity index (χ1) is 13.1. The molecule has 1 aliphatic rings. The van der Waals surface area contributed by atoms with Crippen LogP contribution in [0.2, 0.25) is 10.0 Å². The highest BCUT2D eigenvalue weighted by Gasteiger charge is 2.20. The summed E-state index contributed by atoms with van der Waals surface area (Å²) in [6, 6.07) is 15.2. The van der Waals surface area contributed by atoms with E-state index in [0.717, 1.165) is 42.5 Å². The highest BCUT2D eigenvalue weighted by atomic mass is 35.5. The van der Waals surface area contributed by atoms with Crippen LogP contribution in [-0.2, 0) is 4.84 Å². The fraction of sp³-hybridized carbons (Fsp3) is 0.350. The molecule has 2 aromatic rings. The molecule has 1 aliphatic heterocycles. The van der Waals surface area contributed by atoms with E-state index >= 15 is 0 Å². The van der Waals surface area contributed by atoms with Crippen molar-refractivity contribution in [3.05, 3.63) is 64.1 Å². The Bertz CT molecular complexity index is 747. The quantitative estimate of drug-likeness (QED) is 0.563. The summed E-state index contributed by atoms with van der Waals surface area (Å²) in [5.74, 6) is 0. The number of rotatable bonds is 7. The predicted molar refractivity (Wildman–Crippen MR) is 111 cm³/mol. The molecule has 7 heteroatoms. The first-order valence-electron chi connectivity index (χ1n) is 8.92. The topological polar surface area (TPSA) is 48.3 Å². The van der Waals surface area contributed by atoms with Crippen LogP contribution in [0, 0.1) is 0 Å². The fourth-order valence-corrected chi connectivity index (χ4v) is 3.39. The Morgan fingerprint density at radius 1 is 1.04 bits per heavy atom. The third kappa shape index (κ3) is 6.11. The van der Waals surface area contributed by atoms with Crippen LogP contribution < -0.4 is 4.90 Å². The van der Waals surface area contributed by atoms with Crippen LogP contribution in [0.4, 0.5) is 5.69 Å². The number of benzene rings is 2. The van der Waals surface area contributed by atoms with Crippen molar-refractivity contribution in [3.63, 3.8) is 0 Å². The van der Waals surface area contributed by atoms with Crippen molar-refractivity contribution in [2.45, 2.75) is 6.10 Å². The van der Waals surface area contributed by atoms with Gasteiger partial charge in [-0.25, -0.2) is 0 Å². The molecule has 2 aromatic carbocycles. The highest BCUT2D eigenvalue weighted by molar-refractivity contribution is 6.33. The summed E-state index contributed by atoms with van der Waals surface area (Å²) >= 11 is 12.1. The minimum absolute atomic E-state index is 0.162. The number of halogens is 2. The van der Waals surface area contributed by atoms with E-state index < -0.39 is 6.10 Å². The second kappa shape index (κ2) is 9.95. The van der Waals surface area contributed by atoms with E-state index in [4.69, 9.17) is 28.0 Å². The van der Waals surface area contributed by atoms with Gasteiger partial charge in [-0.15, -0.1) is 0 Å². The standard InChI is InChI=1S/C20H23Cl2N3O2/c21-17-7-5-16(6-8-17)13-23-27-15-18(26)14-24-9-11-25(12-10-24)20-4-2-1-3-19(20)22/h1-8,13,18,26H,9-12,14-15H2/b23-13+. The van der Waals surface area contributed by atoms with Gasteiger partial charge < -0.3 is 14.8 Å². The largest absolute Gasteiger partial charge is 0.393 e. The molecule has 0 radical (unpaired) electrons. The zero-order valence-corrected chi connectivity index (χ0v) is 16.5. The molecule has 1 heterocycles. The number of piperazine rings is 1. The van der Waals surface area contributed by atoms with Crippen LogP contribution >= 0.6 is 23.2 Å². The Labute approximate surface area is 169 Å². The summed E-state index contributed by atoms with van der Waals surface area (Å²) in [6.45, 7) is 4.23. The lowest BCUT2D eigenvalue weighted by Gasteiger charge is -2.37. The van der Waals surface area contributed by atoms with Gasteiger partial charge in [-0.1, -0.05) is 52.6 Å². The van der Waals surface area contributed by atoms with E-state index in [0.29, 0.717) is 11.6 Å². The van der Waals surface area contributed by atoms with E-state index in [2.05, 4.69) is 15.0 Å². The molecular formula is C20H23Cl2N3O2. The summed E-state index contributed by atoms with van der Waals surface area (Å²) in [4.78, 5) is 9.71. The van der Waals surface area contributed by atoms with E-state index in [9.17, 15) is 5.11 Å². The number of aliphatic hydroxyl groups excluding tert-OH is 1. The fourth-order valence-electron chi connectivity index (χ4n) is 3.01. The van der Waals surface area contributed by atoms with Gasteiger partial charge in [0, 0.05) is 37.7 Å². The van der Waals surface area contributed by atoms with Crippen molar-refractivity contribution in [2.75, 3.05) is 44.2 Å². The van der Waals surface area contributed by atoms with Crippen LogP contribution in [0.3, 0.4) is 0 Å². The lowest BCUT2D eigenvalue weighted by atomic mass is 10.2. The average Bonchev–Trinajstić information content (AvgIpc) is 2.68. The molecule has 0 saturated carbocycles. The Balaban J connectivity index is 1.37. The number of hydrogen-bond acceptors (Lipinski definition) is 5. The smallest absolute Gasteiger partial charge is 0.144 e. The van der Waals surface area contributed by atoms with E-state index in [-0.39, 0.29) is 6.61 Å². The second-order valence-electron chi connectivity index (χ2n) is 6.47. The number of oxime groups is 1. The zero-order chi connectivity index (χ0) is 19.1. The molecule has 0 amide bonds. The van der Waals surface area contributed by atoms with Crippen molar-refractivity contribution in [3.8, 4) is 0 Å². The van der Waals surface area contributed by atoms with Crippen LogP contribution in [-0.4, -0.2) is 61.7 Å². The zero-order valence-electron chi connectivity index (χ0n) is 15.0. The molecular weight excluding hydrogens is 385 g/mol. The van der Waals surface area contributed by atoms with Crippen molar-refractivity contribution in [1.82, 2.24) is 4.90 Å². The minimum atomic E-state index is -0.584. The lowest BCUT2D eigenvalue weighted by Crippen LogP contribution is -2.49. The second-order valence-corrected chi connectivity index (χ2v) is 7.32. The van der Waals surface area contributed by atoms with Crippen molar-refractivity contribution in [2.24, 2.45) is 5.16 Å². The van der Waals surface area contributed by atoms with E-state index in [1.54, 1.807) is 18.3 Å². The van der Waals surface area contributed by atoms with Crippen molar-refractivity contribution < 1.29 is 9.94 Å². The van der Waals surface area contributed by atoms with Crippen LogP contribution in [0.5, 0.6) is 0 Å². The first kappa shape index (κ1) is 20.0. The monoisotopic (exact) mass is 407 g/mol. The summed E-state index contributed by atoms with van der Waals surface area (Å²) < 4.78 is 0. The van der Waals surface area contributed by atoms with Gasteiger partial charge in [-0.3, -0.25) is 4.90 Å². The van der Waals surface area contributed by atoms with Gasteiger partial charge in [0.25, 0.3) is 0 Å². The van der Waals surface area contributed by atoms with Crippen molar-refractivity contribution in [1.29, 1.82) is 0 Å². The van der Waals surface area contributed by atoms with Gasteiger partial charge in [-0.2, -0.15) is 0 Å². The Morgan fingerprint density at radius 2 is 1.74 bits per heavy atom. The molecule has 1 saturated heterocycles. The molecule has 0 bridgehead atoms. The Kier molecular flexibility index (Phi) is 7.35. The molecule has 1 unspecified atom stereocenters. The summed E-state index contributed by atoms with van der Waals surface area (Å²) in [7, 11) is 0. The summed E-state index contributed by atoms with van der Waals surface area (Å²) in [6.07, 6.45) is 1.02. The Morgan fingerprint density at radius 3 is 2.44 bits per heavy atom. The van der Waals surface area contributed by atoms with Crippen LogP contribution in [0.15, 0.2) is 53.7 Å². The normalized spacial score (nSPS) is 16.6. The summed E-state index contributed by atoms with van der Waals surface area (Å²) in [5, 5.41) is 15.5. The number of para-hydroxylation sites is 1. The van der Waals surface area contributed by atoms with Gasteiger partial charge in [0.15, 0.2) is 0 Å².